The van der Waals surface area contributed by atoms with Gasteiger partial charge in [0.1, 0.15) is 5.60 Å². The van der Waals surface area contributed by atoms with Crippen molar-refractivity contribution in [1.82, 2.24) is 10.1 Å². The fourth-order valence-electron chi connectivity index (χ4n) is 2.68. The van der Waals surface area contributed by atoms with Gasteiger partial charge in [0.15, 0.2) is 0 Å². The number of hydrogen-bond donors (Lipinski definition) is 0. The van der Waals surface area contributed by atoms with Gasteiger partial charge in [-0.3, -0.25) is 0 Å². The largest absolute Gasteiger partial charge is 0.370 e. The molecule has 0 aliphatic heterocycles. The Morgan fingerprint density at radius 3 is 2.68 bits per heavy atom. The van der Waals surface area contributed by atoms with Crippen LogP contribution < -0.4 is 0 Å². The third-order valence-corrected chi connectivity index (χ3v) is 3.86. The second-order valence-electron chi connectivity index (χ2n) is 5.14. The van der Waals surface area contributed by atoms with Crippen LogP contribution in [0.4, 0.5) is 0 Å². The summed E-state index contributed by atoms with van der Waals surface area (Å²) in [6.07, 6.45) is 8.65. The average Bonchev–Trinajstić information content (AvgIpc) is 2.77. The fourth-order valence-corrected chi connectivity index (χ4v) is 2.68. The monoisotopic (exact) mass is 263 g/mol. The molecule has 0 unspecified atom stereocenters. The third-order valence-electron chi connectivity index (χ3n) is 3.86. The smallest absolute Gasteiger partial charge is 0.226 e. The van der Waals surface area contributed by atoms with Crippen molar-refractivity contribution >= 4 is 0 Å². The molecular formula is C14H21N3O2. The van der Waals surface area contributed by atoms with E-state index in [1.54, 1.807) is 7.11 Å². The molecule has 1 aliphatic carbocycles. The molecule has 0 saturated heterocycles. The zero-order chi connectivity index (χ0) is 13.6. The van der Waals surface area contributed by atoms with E-state index in [1.165, 1.54) is 12.8 Å². The highest BCUT2D eigenvalue weighted by atomic mass is 16.5. The summed E-state index contributed by atoms with van der Waals surface area (Å²) in [5.74, 6) is 1.30. The van der Waals surface area contributed by atoms with Crippen molar-refractivity contribution in [3.63, 3.8) is 0 Å². The molecule has 104 valence electrons. The van der Waals surface area contributed by atoms with Crippen LogP contribution in [0.1, 0.15) is 63.1 Å². The summed E-state index contributed by atoms with van der Waals surface area (Å²) in [7, 11) is 1.73. The highest BCUT2D eigenvalue weighted by Crippen LogP contribution is 2.37. The van der Waals surface area contributed by atoms with E-state index in [1.807, 2.05) is 0 Å². The van der Waals surface area contributed by atoms with Gasteiger partial charge >= 0.3 is 0 Å². The standard InChI is InChI=1S/C14H21N3O2/c1-18-14(9-5-2-3-6-10-14)13-16-12(19-17-13)8-4-7-11-15/h2-10H2,1H3. The molecule has 0 bridgehead atoms. The summed E-state index contributed by atoms with van der Waals surface area (Å²) in [5.41, 5.74) is -0.368. The normalized spacial score (nSPS) is 18.7. The number of aromatic nitrogens is 2. The first-order chi connectivity index (χ1) is 9.30. The Bertz CT molecular complexity index is 428. The molecule has 19 heavy (non-hydrogen) atoms. The Labute approximate surface area is 113 Å². The molecule has 0 spiro atoms. The maximum Gasteiger partial charge on any atom is 0.226 e. The van der Waals surface area contributed by atoms with Crippen LogP contribution in [0.5, 0.6) is 0 Å². The first-order valence-corrected chi connectivity index (χ1v) is 7.06. The van der Waals surface area contributed by atoms with Gasteiger partial charge in [0, 0.05) is 20.0 Å². The van der Waals surface area contributed by atoms with E-state index in [0.29, 0.717) is 24.6 Å². The highest BCUT2D eigenvalue weighted by Gasteiger charge is 2.37. The van der Waals surface area contributed by atoms with Crippen molar-refractivity contribution in [1.29, 1.82) is 5.26 Å². The molecule has 5 nitrogen and oxygen atoms in total. The highest BCUT2D eigenvalue weighted by molar-refractivity contribution is 5.02. The number of nitrogens with zero attached hydrogens (tertiary/aromatic N) is 3. The van der Waals surface area contributed by atoms with Crippen LogP contribution in [0.3, 0.4) is 0 Å². The average molecular weight is 263 g/mol. The van der Waals surface area contributed by atoms with Crippen molar-refractivity contribution in [2.45, 2.75) is 63.4 Å². The minimum absolute atomic E-state index is 0.368. The summed E-state index contributed by atoms with van der Waals surface area (Å²) in [4.78, 5) is 4.48. The van der Waals surface area contributed by atoms with Crippen LogP contribution in [0, 0.1) is 11.3 Å². The van der Waals surface area contributed by atoms with E-state index in [9.17, 15) is 0 Å². The summed E-state index contributed by atoms with van der Waals surface area (Å²) < 4.78 is 11.0. The Hall–Kier alpha value is -1.41. The molecule has 1 aliphatic rings. The summed E-state index contributed by atoms with van der Waals surface area (Å²) in [5, 5.41) is 12.6. The van der Waals surface area contributed by atoms with Crippen LogP contribution >= 0.6 is 0 Å². The summed E-state index contributed by atoms with van der Waals surface area (Å²) in [6.45, 7) is 0. The van der Waals surface area contributed by atoms with Crippen molar-refractivity contribution in [3.05, 3.63) is 11.7 Å². The maximum atomic E-state index is 8.53. The molecule has 1 heterocycles. The van der Waals surface area contributed by atoms with Crippen LogP contribution in [0.15, 0.2) is 4.52 Å². The van der Waals surface area contributed by atoms with Crippen molar-refractivity contribution in [3.8, 4) is 6.07 Å². The van der Waals surface area contributed by atoms with E-state index in [4.69, 9.17) is 14.5 Å². The topological polar surface area (TPSA) is 71.9 Å². The summed E-state index contributed by atoms with van der Waals surface area (Å²) in [6, 6.07) is 2.12. The third kappa shape index (κ3) is 3.32. The first-order valence-electron chi connectivity index (χ1n) is 7.06. The van der Waals surface area contributed by atoms with Gasteiger partial charge in [-0.05, 0) is 19.3 Å². The van der Waals surface area contributed by atoms with Crippen LogP contribution in [0.2, 0.25) is 0 Å². The maximum absolute atomic E-state index is 8.53. The van der Waals surface area contributed by atoms with Crippen molar-refractivity contribution < 1.29 is 9.26 Å². The Kier molecular flexibility index (Phi) is 4.92. The number of unbranched alkanes of at least 4 members (excludes halogenated alkanes) is 1. The van der Waals surface area contributed by atoms with Gasteiger partial charge in [-0.15, -0.1) is 0 Å². The van der Waals surface area contributed by atoms with Gasteiger partial charge in [-0.1, -0.05) is 30.8 Å². The Balaban J connectivity index is 2.08. The lowest BCUT2D eigenvalue weighted by Gasteiger charge is -2.27. The number of hydrogen-bond acceptors (Lipinski definition) is 5. The van der Waals surface area contributed by atoms with Gasteiger partial charge in [0.2, 0.25) is 11.7 Å². The lowest BCUT2D eigenvalue weighted by molar-refractivity contribution is -0.0365. The molecule has 1 fully saturated rings. The van der Waals surface area contributed by atoms with Gasteiger partial charge in [0.05, 0.1) is 6.07 Å². The van der Waals surface area contributed by atoms with E-state index in [2.05, 4.69) is 16.2 Å². The number of aryl methyl sites for hydroxylation is 1. The molecule has 5 heteroatoms. The molecule has 0 amide bonds. The predicted octanol–water partition coefficient (Wildman–Crippen LogP) is 3.11. The quantitative estimate of drug-likeness (QED) is 0.603. The Morgan fingerprint density at radius 1 is 1.32 bits per heavy atom. The van der Waals surface area contributed by atoms with Crippen molar-refractivity contribution in [2.24, 2.45) is 0 Å². The minimum atomic E-state index is -0.368. The number of nitriles is 1. The van der Waals surface area contributed by atoms with Gasteiger partial charge < -0.3 is 9.26 Å². The summed E-state index contributed by atoms with van der Waals surface area (Å²) >= 11 is 0. The zero-order valence-electron chi connectivity index (χ0n) is 11.5. The van der Waals surface area contributed by atoms with Crippen LogP contribution in [-0.2, 0) is 16.8 Å². The molecule has 0 atom stereocenters. The van der Waals surface area contributed by atoms with Crippen molar-refractivity contribution in [2.75, 3.05) is 7.11 Å². The first kappa shape index (κ1) is 14.0. The van der Waals surface area contributed by atoms with E-state index >= 15 is 0 Å². The van der Waals surface area contributed by atoms with E-state index in [0.717, 1.165) is 32.1 Å². The van der Waals surface area contributed by atoms with E-state index < -0.39 is 0 Å². The lowest BCUT2D eigenvalue weighted by Crippen LogP contribution is -2.29. The van der Waals surface area contributed by atoms with E-state index in [-0.39, 0.29) is 5.60 Å². The molecule has 0 aromatic carbocycles. The second-order valence-corrected chi connectivity index (χ2v) is 5.14. The number of methoxy groups -OCH3 is 1. The van der Waals surface area contributed by atoms with Crippen LogP contribution in [0.25, 0.3) is 0 Å². The molecule has 1 saturated carbocycles. The fraction of sp³-hybridized carbons (Fsp3) is 0.786. The Morgan fingerprint density at radius 2 is 2.05 bits per heavy atom. The molecule has 0 N–H and O–H groups in total. The molecule has 2 rings (SSSR count). The van der Waals surface area contributed by atoms with Gasteiger partial charge in [0.25, 0.3) is 0 Å². The minimum Gasteiger partial charge on any atom is -0.370 e. The number of rotatable bonds is 5. The molecule has 1 aromatic rings. The second kappa shape index (κ2) is 6.67. The van der Waals surface area contributed by atoms with Gasteiger partial charge in [-0.25, -0.2) is 0 Å². The van der Waals surface area contributed by atoms with Crippen LogP contribution in [-0.4, -0.2) is 17.3 Å². The SMILES string of the molecule is COC1(c2noc(CCCC#N)n2)CCCCCC1. The lowest BCUT2D eigenvalue weighted by atomic mass is 9.93. The molecular weight excluding hydrogens is 242 g/mol. The van der Waals surface area contributed by atoms with Gasteiger partial charge in [-0.2, -0.15) is 10.2 Å². The predicted molar refractivity (Wildman–Crippen MR) is 69.2 cm³/mol. The molecule has 0 radical (unpaired) electrons. The molecule has 1 aromatic heterocycles. The zero-order valence-corrected chi connectivity index (χ0v) is 11.5. The number of ether oxygens (including phenoxy) is 1.